The fourth-order valence-electron chi connectivity index (χ4n) is 3.80. The SMILES string of the molecule is NNC(=O)c1ccc(CNC(=O)N2CCN(C3COC3)CC2c2ccc(F)cc2)nc1. The molecule has 10 heteroatoms. The van der Waals surface area contributed by atoms with Gasteiger partial charge < -0.3 is 15.0 Å². The molecule has 4 N–H and O–H groups in total. The van der Waals surface area contributed by atoms with Gasteiger partial charge >= 0.3 is 6.03 Å². The van der Waals surface area contributed by atoms with Crippen LogP contribution in [0, 0.1) is 5.82 Å². The first kappa shape index (κ1) is 21.2. The lowest BCUT2D eigenvalue weighted by molar-refractivity contribution is -0.0820. The van der Waals surface area contributed by atoms with E-state index in [1.807, 2.05) is 5.43 Å². The lowest BCUT2D eigenvalue weighted by Gasteiger charge is -2.46. The molecular formula is C21H25FN6O3. The van der Waals surface area contributed by atoms with Crippen LogP contribution in [0.2, 0.25) is 0 Å². The largest absolute Gasteiger partial charge is 0.378 e. The van der Waals surface area contributed by atoms with Crippen LogP contribution in [0.15, 0.2) is 42.6 Å². The van der Waals surface area contributed by atoms with Crippen LogP contribution in [0.4, 0.5) is 9.18 Å². The molecule has 0 aliphatic carbocycles. The monoisotopic (exact) mass is 428 g/mol. The third-order valence-corrected chi connectivity index (χ3v) is 5.70. The van der Waals surface area contributed by atoms with Crippen LogP contribution in [0.1, 0.15) is 27.7 Å². The molecule has 2 aliphatic rings. The quantitative estimate of drug-likeness (QED) is 0.369. The van der Waals surface area contributed by atoms with Crippen molar-refractivity contribution in [2.75, 3.05) is 32.8 Å². The predicted molar refractivity (Wildman–Crippen MR) is 110 cm³/mol. The Bertz CT molecular complexity index is 920. The number of aromatic nitrogens is 1. The fraction of sp³-hybridized carbons (Fsp3) is 0.381. The summed E-state index contributed by atoms with van der Waals surface area (Å²) in [6, 6.07) is 9.49. The van der Waals surface area contributed by atoms with Crippen molar-refractivity contribution in [1.29, 1.82) is 0 Å². The first-order valence-electron chi connectivity index (χ1n) is 10.1. The van der Waals surface area contributed by atoms with Gasteiger partial charge in [0.05, 0.1) is 43.1 Å². The van der Waals surface area contributed by atoms with Gasteiger partial charge in [0.25, 0.3) is 5.91 Å². The number of ether oxygens (including phenoxy) is 1. The van der Waals surface area contributed by atoms with Gasteiger partial charge in [-0.15, -0.1) is 0 Å². The standard InChI is InChI=1S/C21H25FN6O3/c22-16-4-1-14(2-5-16)19-11-27(18-12-31-13-18)7-8-28(19)21(30)25-10-17-6-3-15(9-24-17)20(29)26-23/h1-6,9,18-19H,7-8,10-13,23H2,(H,25,30)(H,26,29). The Hall–Kier alpha value is -3.08. The highest BCUT2D eigenvalue weighted by Gasteiger charge is 2.36. The summed E-state index contributed by atoms with van der Waals surface area (Å²) >= 11 is 0. The topological polar surface area (TPSA) is 113 Å². The first-order chi connectivity index (χ1) is 15.0. The van der Waals surface area contributed by atoms with E-state index in [1.54, 1.807) is 29.2 Å². The number of hydrogen-bond donors (Lipinski definition) is 3. The number of amides is 3. The van der Waals surface area contributed by atoms with E-state index >= 15 is 0 Å². The fourth-order valence-corrected chi connectivity index (χ4v) is 3.80. The van der Waals surface area contributed by atoms with Gasteiger partial charge in [-0.25, -0.2) is 15.0 Å². The number of pyridine rings is 1. The normalized spacial score (nSPS) is 19.5. The van der Waals surface area contributed by atoms with E-state index in [-0.39, 0.29) is 24.4 Å². The number of benzene rings is 1. The lowest BCUT2D eigenvalue weighted by atomic mass is 10.0. The second-order valence-electron chi connectivity index (χ2n) is 7.62. The Morgan fingerprint density at radius 3 is 2.55 bits per heavy atom. The highest BCUT2D eigenvalue weighted by Crippen LogP contribution is 2.28. The van der Waals surface area contributed by atoms with Crippen molar-refractivity contribution in [3.05, 3.63) is 65.2 Å². The van der Waals surface area contributed by atoms with E-state index in [0.29, 0.717) is 43.6 Å². The molecule has 1 atom stereocenters. The van der Waals surface area contributed by atoms with Gasteiger partial charge in [-0.2, -0.15) is 0 Å². The number of halogens is 1. The number of rotatable bonds is 5. The minimum absolute atomic E-state index is 0.196. The van der Waals surface area contributed by atoms with Crippen LogP contribution < -0.4 is 16.6 Å². The van der Waals surface area contributed by atoms with E-state index < -0.39 is 5.91 Å². The zero-order chi connectivity index (χ0) is 21.8. The van der Waals surface area contributed by atoms with Gasteiger partial charge in [-0.1, -0.05) is 12.1 Å². The number of nitrogens with two attached hydrogens (primary N) is 1. The van der Waals surface area contributed by atoms with Gasteiger partial charge in [-0.3, -0.25) is 20.1 Å². The van der Waals surface area contributed by atoms with Gasteiger partial charge in [0.2, 0.25) is 0 Å². The molecule has 2 aliphatic heterocycles. The third kappa shape index (κ3) is 4.82. The summed E-state index contributed by atoms with van der Waals surface area (Å²) < 4.78 is 18.7. The van der Waals surface area contributed by atoms with Gasteiger partial charge in [0, 0.05) is 25.8 Å². The number of hydrogen-bond acceptors (Lipinski definition) is 6. The zero-order valence-electron chi connectivity index (χ0n) is 17.0. The molecule has 9 nitrogen and oxygen atoms in total. The van der Waals surface area contributed by atoms with E-state index in [4.69, 9.17) is 10.6 Å². The van der Waals surface area contributed by atoms with Crippen molar-refractivity contribution >= 4 is 11.9 Å². The molecule has 4 rings (SSSR count). The lowest BCUT2D eigenvalue weighted by Crippen LogP contribution is -2.59. The highest BCUT2D eigenvalue weighted by atomic mass is 19.1. The Kier molecular flexibility index (Phi) is 6.40. The summed E-state index contributed by atoms with van der Waals surface area (Å²) in [5.41, 5.74) is 3.89. The Morgan fingerprint density at radius 1 is 1.16 bits per heavy atom. The maximum Gasteiger partial charge on any atom is 0.318 e. The molecule has 3 heterocycles. The van der Waals surface area contributed by atoms with Crippen molar-refractivity contribution in [3.63, 3.8) is 0 Å². The van der Waals surface area contributed by atoms with Gasteiger partial charge in [0.1, 0.15) is 5.82 Å². The maximum absolute atomic E-state index is 13.4. The number of hydrazine groups is 1. The molecular weight excluding hydrogens is 403 g/mol. The van der Waals surface area contributed by atoms with Crippen LogP contribution in [0.3, 0.4) is 0 Å². The number of carbonyl (C=O) groups excluding carboxylic acids is 2. The molecule has 0 radical (unpaired) electrons. The number of nitrogens with one attached hydrogen (secondary N) is 2. The van der Waals surface area contributed by atoms with Crippen molar-refractivity contribution in [2.24, 2.45) is 5.84 Å². The molecule has 1 aromatic heterocycles. The van der Waals surface area contributed by atoms with Crippen molar-refractivity contribution in [1.82, 2.24) is 25.5 Å². The summed E-state index contributed by atoms with van der Waals surface area (Å²) in [6.45, 7) is 3.58. The van der Waals surface area contributed by atoms with Crippen LogP contribution in [-0.4, -0.2) is 65.6 Å². The summed E-state index contributed by atoms with van der Waals surface area (Å²) in [4.78, 5) is 32.8. The number of nitrogens with zero attached hydrogens (tertiary/aromatic N) is 3. The van der Waals surface area contributed by atoms with Crippen molar-refractivity contribution in [3.8, 4) is 0 Å². The summed E-state index contributed by atoms with van der Waals surface area (Å²) in [5, 5.41) is 2.90. The molecule has 3 amide bonds. The molecule has 31 heavy (non-hydrogen) atoms. The predicted octanol–water partition coefficient (Wildman–Crippen LogP) is 0.792. The molecule has 164 valence electrons. The average molecular weight is 428 g/mol. The molecule has 0 saturated carbocycles. The van der Waals surface area contributed by atoms with Crippen LogP contribution in [0.5, 0.6) is 0 Å². The second kappa shape index (κ2) is 9.38. The molecule has 1 aromatic carbocycles. The molecule has 2 fully saturated rings. The van der Waals surface area contributed by atoms with E-state index in [2.05, 4.69) is 15.2 Å². The van der Waals surface area contributed by atoms with Crippen LogP contribution in [-0.2, 0) is 11.3 Å². The third-order valence-electron chi connectivity index (χ3n) is 5.70. The van der Waals surface area contributed by atoms with Crippen LogP contribution in [0.25, 0.3) is 0 Å². The minimum Gasteiger partial charge on any atom is -0.378 e. The van der Waals surface area contributed by atoms with E-state index in [1.165, 1.54) is 18.3 Å². The number of nitrogen functional groups attached to an aromatic ring is 1. The number of urea groups is 1. The summed E-state index contributed by atoms with van der Waals surface area (Å²) in [7, 11) is 0. The minimum atomic E-state index is -0.431. The number of piperazine rings is 1. The van der Waals surface area contributed by atoms with Crippen molar-refractivity contribution in [2.45, 2.75) is 18.6 Å². The maximum atomic E-state index is 13.4. The van der Waals surface area contributed by atoms with E-state index in [0.717, 1.165) is 12.1 Å². The molecule has 1 unspecified atom stereocenters. The molecule has 0 spiro atoms. The van der Waals surface area contributed by atoms with Crippen molar-refractivity contribution < 1.29 is 18.7 Å². The van der Waals surface area contributed by atoms with Gasteiger partial charge in [-0.05, 0) is 29.8 Å². The Balaban J connectivity index is 1.43. The smallest absolute Gasteiger partial charge is 0.318 e. The highest BCUT2D eigenvalue weighted by molar-refractivity contribution is 5.93. The molecule has 2 aromatic rings. The van der Waals surface area contributed by atoms with Crippen LogP contribution >= 0.6 is 0 Å². The Labute approximate surface area is 179 Å². The molecule has 2 saturated heterocycles. The average Bonchev–Trinajstić information content (AvgIpc) is 2.76. The summed E-state index contributed by atoms with van der Waals surface area (Å²) in [6.07, 6.45) is 1.41. The first-order valence-corrected chi connectivity index (χ1v) is 10.1. The zero-order valence-corrected chi connectivity index (χ0v) is 17.0. The van der Waals surface area contributed by atoms with E-state index in [9.17, 15) is 14.0 Å². The number of carbonyl (C=O) groups is 2. The molecule has 0 bridgehead atoms. The Morgan fingerprint density at radius 2 is 1.94 bits per heavy atom. The van der Waals surface area contributed by atoms with Gasteiger partial charge in [0.15, 0.2) is 0 Å². The second-order valence-corrected chi connectivity index (χ2v) is 7.62. The summed E-state index contributed by atoms with van der Waals surface area (Å²) in [5.74, 6) is 4.37.